The molecule has 1 aliphatic carbocycles. The van der Waals surface area contributed by atoms with Crippen molar-refractivity contribution in [2.24, 2.45) is 18.9 Å². The number of aryl methyl sites for hydroxylation is 1. The fourth-order valence-corrected chi connectivity index (χ4v) is 4.87. The Hall–Kier alpha value is -2.25. The standard InChI is InChI=1S/C19H24N6O/c1-23-10-15(21-22-23)11-24-8-13-6-18(19(26)7-14(13)9-24)25-12-20-16-4-2-3-5-17(16)25/h2-5,10,12-14,18-19,26H,6-9,11H2,1H3/t13-,14+,18-,19-/m1/s1. The Morgan fingerprint density at radius 1 is 1.15 bits per heavy atom. The zero-order valence-electron chi connectivity index (χ0n) is 14.9. The molecule has 1 aliphatic heterocycles. The first-order valence-electron chi connectivity index (χ1n) is 9.34. The minimum Gasteiger partial charge on any atom is -0.391 e. The third-order valence-electron chi connectivity index (χ3n) is 6.06. The van der Waals surface area contributed by atoms with Crippen LogP contribution in [0.3, 0.4) is 0 Å². The molecule has 1 N–H and O–H groups in total. The molecule has 1 saturated heterocycles. The summed E-state index contributed by atoms with van der Waals surface area (Å²) in [6.07, 6.45) is 5.43. The monoisotopic (exact) mass is 352 g/mol. The lowest BCUT2D eigenvalue weighted by atomic mass is 9.77. The second kappa shape index (κ2) is 6.17. The number of aliphatic hydroxyl groups excluding tert-OH is 1. The fourth-order valence-electron chi connectivity index (χ4n) is 4.87. The summed E-state index contributed by atoms with van der Waals surface area (Å²) >= 11 is 0. The second-order valence-corrected chi connectivity index (χ2v) is 7.84. The van der Waals surface area contributed by atoms with Gasteiger partial charge in [0.05, 0.1) is 35.2 Å². The number of rotatable bonds is 3. The van der Waals surface area contributed by atoms with Crippen LogP contribution in [0.4, 0.5) is 0 Å². The molecular weight excluding hydrogens is 328 g/mol. The van der Waals surface area contributed by atoms with Crippen molar-refractivity contribution >= 4 is 11.0 Å². The highest BCUT2D eigenvalue weighted by Crippen LogP contribution is 2.42. The van der Waals surface area contributed by atoms with Gasteiger partial charge in [0.2, 0.25) is 0 Å². The van der Waals surface area contributed by atoms with Gasteiger partial charge in [-0.15, -0.1) is 5.10 Å². The van der Waals surface area contributed by atoms with Crippen molar-refractivity contribution in [2.75, 3.05) is 13.1 Å². The first-order valence-corrected chi connectivity index (χ1v) is 9.34. The molecule has 3 aromatic rings. The predicted molar refractivity (Wildman–Crippen MR) is 97.3 cm³/mol. The van der Waals surface area contributed by atoms with Crippen LogP contribution in [0.25, 0.3) is 11.0 Å². The number of imidazole rings is 1. The van der Waals surface area contributed by atoms with Crippen LogP contribution in [0.5, 0.6) is 0 Å². The molecule has 4 atom stereocenters. The van der Waals surface area contributed by atoms with E-state index < -0.39 is 0 Å². The van der Waals surface area contributed by atoms with Crippen LogP contribution in [0.15, 0.2) is 36.8 Å². The molecule has 136 valence electrons. The third kappa shape index (κ3) is 2.71. The normalized spacial score (nSPS) is 29.3. The molecule has 7 nitrogen and oxygen atoms in total. The van der Waals surface area contributed by atoms with Crippen molar-refractivity contribution < 1.29 is 5.11 Å². The molecule has 0 radical (unpaired) electrons. The van der Waals surface area contributed by atoms with Gasteiger partial charge in [-0.2, -0.15) is 0 Å². The quantitative estimate of drug-likeness (QED) is 0.775. The first kappa shape index (κ1) is 16.0. The van der Waals surface area contributed by atoms with Crippen molar-refractivity contribution in [3.05, 3.63) is 42.5 Å². The summed E-state index contributed by atoms with van der Waals surface area (Å²) in [7, 11) is 1.90. The second-order valence-electron chi connectivity index (χ2n) is 7.84. The Labute approximate surface area is 152 Å². The van der Waals surface area contributed by atoms with Crippen LogP contribution in [0, 0.1) is 11.8 Å². The number of hydrogen-bond acceptors (Lipinski definition) is 5. The number of benzene rings is 1. The maximum absolute atomic E-state index is 10.8. The topological polar surface area (TPSA) is 72.0 Å². The summed E-state index contributed by atoms with van der Waals surface area (Å²) < 4.78 is 3.93. The van der Waals surface area contributed by atoms with E-state index >= 15 is 0 Å². The lowest BCUT2D eigenvalue weighted by Gasteiger charge is -2.36. The van der Waals surface area contributed by atoms with Crippen LogP contribution < -0.4 is 0 Å². The molecule has 5 rings (SSSR count). The van der Waals surface area contributed by atoms with E-state index in [2.05, 4.69) is 30.8 Å². The van der Waals surface area contributed by atoms with Gasteiger partial charge in [-0.05, 0) is 36.8 Å². The van der Waals surface area contributed by atoms with E-state index in [0.29, 0.717) is 11.8 Å². The third-order valence-corrected chi connectivity index (χ3v) is 6.06. The van der Waals surface area contributed by atoms with E-state index in [1.54, 1.807) is 4.68 Å². The van der Waals surface area contributed by atoms with E-state index in [1.165, 1.54) is 0 Å². The van der Waals surface area contributed by atoms with Gasteiger partial charge in [0.25, 0.3) is 0 Å². The maximum atomic E-state index is 10.8. The van der Waals surface area contributed by atoms with Crippen LogP contribution in [-0.4, -0.2) is 53.7 Å². The number of nitrogens with zero attached hydrogens (tertiary/aromatic N) is 6. The summed E-state index contributed by atoms with van der Waals surface area (Å²) in [4.78, 5) is 6.97. The van der Waals surface area contributed by atoms with Gasteiger partial charge in [-0.25, -0.2) is 4.98 Å². The van der Waals surface area contributed by atoms with Crippen molar-refractivity contribution in [3.8, 4) is 0 Å². The summed E-state index contributed by atoms with van der Waals surface area (Å²) in [5.41, 5.74) is 3.13. The van der Waals surface area contributed by atoms with Crippen LogP contribution in [0.1, 0.15) is 24.6 Å². The maximum Gasteiger partial charge on any atom is 0.0967 e. The van der Waals surface area contributed by atoms with Gasteiger partial charge in [0.15, 0.2) is 0 Å². The number of aliphatic hydroxyl groups is 1. The minimum absolute atomic E-state index is 0.111. The molecule has 2 fully saturated rings. The van der Waals surface area contributed by atoms with E-state index in [-0.39, 0.29) is 12.1 Å². The van der Waals surface area contributed by atoms with Crippen molar-refractivity contribution in [1.29, 1.82) is 0 Å². The Kier molecular flexibility index (Phi) is 3.79. The number of hydrogen-bond donors (Lipinski definition) is 1. The highest BCUT2D eigenvalue weighted by Gasteiger charge is 2.42. The molecule has 1 aromatic carbocycles. The number of aromatic nitrogens is 5. The predicted octanol–water partition coefficient (Wildman–Crippen LogP) is 1.61. The van der Waals surface area contributed by atoms with E-state index in [4.69, 9.17) is 0 Å². The summed E-state index contributed by atoms with van der Waals surface area (Å²) in [5.74, 6) is 1.17. The number of fused-ring (bicyclic) bond motifs is 2. The van der Waals surface area contributed by atoms with Crippen LogP contribution >= 0.6 is 0 Å². The van der Waals surface area contributed by atoms with Gasteiger partial charge < -0.3 is 9.67 Å². The lowest BCUT2D eigenvalue weighted by molar-refractivity contribution is 0.0374. The van der Waals surface area contributed by atoms with Gasteiger partial charge in [0.1, 0.15) is 0 Å². The molecule has 0 unspecified atom stereocenters. The molecule has 0 bridgehead atoms. The van der Waals surface area contributed by atoms with Crippen LogP contribution in [0.2, 0.25) is 0 Å². The molecule has 0 spiro atoms. The minimum atomic E-state index is -0.315. The molecule has 3 heterocycles. The van der Waals surface area contributed by atoms with Crippen molar-refractivity contribution in [2.45, 2.75) is 31.5 Å². The number of para-hydroxylation sites is 2. The zero-order chi connectivity index (χ0) is 17.7. The van der Waals surface area contributed by atoms with E-state index in [0.717, 1.165) is 49.2 Å². The largest absolute Gasteiger partial charge is 0.391 e. The fraction of sp³-hybridized carbons (Fsp3) is 0.526. The molecule has 26 heavy (non-hydrogen) atoms. The molecule has 1 saturated carbocycles. The molecule has 0 amide bonds. The van der Waals surface area contributed by atoms with Crippen LogP contribution in [-0.2, 0) is 13.6 Å². The molecule has 2 aromatic heterocycles. The van der Waals surface area contributed by atoms with Gasteiger partial charge in [-0.1, -0.05) is 17.3 Å². The van der Waals surface area contributed by atoms with Gasteiger partial charge >= 0.3 is 0 Å². The Morgan fingerprint density at radius 2 is 1.96 bits per heavy atom. The van der Waals surface area contributed by atoms with Gasteiger partial charge in [-0.3, -0.25) is 9.58 Å². The zero-order valence-corrected chi connectivity index (χ0v) is 14.9. The Morgan fingerprint density at radius 3 is 2.77 bits per heavy atom. The van der Waals surface area contributed by atoms with E-state index in [1.807, 2.05) is 37.8 Å². The lowest BCUT2D eigenvalue weighted by Crippen LogP contribution is -2.36. The average Bonchev–Trinajstić information content (AvgIpc) is 3.32. The molecule has 7 heteroatoms. The van der Waals surface area contributed by atoms with Gasteiger partial charge in [0, 0.05) is 32.9 Å². The SMILES string of the molecule is Cn1cc(CN2C[C@H]3C[C@@H](n4cnc5ccccc54)[C@H](O)C[C@H]3C2)nn1. The summed E-state index contributed by atoms with van der Waals surface area (Å²) in [6, 6.07) is 8.28. The highest BCUT2D eigenvalue weighted by atomic mass is 16.3. The summed E-state index contributed by atoms with van der Waals surface area (Å²) in [6.45, 7) is 2.95. The van der Waals surface area contributed by atoms with Crippen molar-refractivity contribution in [1.82, 2.24) is 29.4 Å². The Balaban J connectivity index is 1.33. The summed E-state index contributed by atoms with van der Waals surface area (Å²) in [5, 5.41) is 19.1. The smallest absolute Gasteiger partial charge is 0.0967 e. The molecule has 2 aliphatic rings. The average molecular weight is 352 g/mol. The Bertz CT molecular complexity index is 918. The number of likely N-dealkylation sites (tertiary alicyclic amines) is 1. The molecular formula is C19H24N6O. The highest BCUT2D eigenvalue weighted by molar-refractivity contribution is 5.75. The van der Waals surface area contributed by atoms with E-state index in [9.17, 15) is 5.11 Å². The van der Waals surface area contributed by atoms with Crippen molar-refractivity contribution in [3.63, 3.8) is 0 Å². The first-order chi connectivity index (χ1) is 12.7.